The summed E-state index contributed by atoms with van der Waals surface area (Å²) in [5, 5.41) is 0. The number of benzene rings is 1. The molecular weight excluding hydrogens is 210 g/mol. The van der Waals surface area contributed by atoms with Crippen LogP contribution in [0.1, 0.15) is 24.5 Å². The molecule has 1 unspecified atom stereocenters. The molecule has 1 heterocycles. The van der Waals surface area contributed by atoms with Crippen molar-refractivity contribution >= 4 is 0 Å². The lowest BCUT2D eigenvalue weighted by atomic mass is 9.74. The highest BCUT2D eigenvalue weighted by Crippen LogP contribution is 2.31. The molecule has 1 atom stereocenters. The van der Waals surface area contributed by atoms with E-state index in [1.54, 1.807) is 6.26 Å². The van der Waals surface area contributed by atoms with E-state index in [-0.39, 0.29) is 5.41 Å². The molecule has 1 aromatic carbocycles. The summed E-state index contributed by atoms with van der Waals surface area (Å²) < 4.78 is 5.14. The van der Waals surface area contributed by atoms with Gasteiger partial charge in [0.2, 0.25) is 0 Å². The van der Waals surface area contributed by atoms with Crippen LogP contribution in [-0.2, 0) is 11.8 Å². The third-order valence-corrected chi connectivity index (χ3v) is 3.58. The van der Waals surface area contributed by atoms with Gasteiger partial charge in [-0.25, -0.2) is 0 Å². The Balaban J connectivity index is 2.32. The topological polar surface area (TPSA) is 39.2 Å². The van der Waals surface area contributed by atoms with Crippen LogP contribution in [0.25, 0.3) is 0 Å². The van der Waals surface area contributed by atoms with Gasteiger partial charge in [-0.05, 0) is 30.0 Å². The number of furan rings is 1. The molecule has 2 N–H and O–H groups in total. The van der Waals surface area contributed by atoms with E-state index in [1.807, 2.05) is 18.4 Å². The monoisotopic (exact) mass is 229 g/mol. The van der Waals surface area contributed by atoms with Crippen LogP contribution in [0.5, 0.6) is 0 Å². The molecule has 0 aliphatic carbocycles. The first-order chi connectivity index (χ1) is 8.30. The third-order valence-electron chi connectivity index (χ3n) is 3.58. The van der Waals surface area contributed by atoms with Crippen LogP contribution < -0.4 is 5.73 Å². The van der Waals surface area contributed by atoms with Crippen molar-refractivity contribution < 1.29 is 4.42 Å². The maximum atomic E-state index is 6.04. The normalized spacial score (nSPS) is 14.5. The Morgan fingerprint density at radius 1 is 1.18 bits per heavy atom. The van der Waals surface area contributed by atoms with E-state index in [2.05, 4.69) is 31.2 Å². The molecule has 0 radical (unpaired) electrons. The van der Waals surface area contributed by atoms with E-state index in [9.17, 15) is 0 Å². The first kappa shape index (κ1) is 11.9. The van der Waals surface area contributed by atoms with Crippen LogP contribution in [0.15, 0.2) is 53.3 Å². The molecule has 0 bridgehead atoms. The maximum Gasteiger partial charge on any atom is 0.0934 e. The first-order valence-corrected chi connectivity index (χ1v) is 6.07. The summed E-state index contributed by atoms with van der Waals surface area (Å²) in [4.78, 5) is 0. The van der Waals surface area contributed by atoms with Crippen LogP contribution in [0.2, 0.25) is 0 Å². The van der Waals surface area contributed by atoms with Gasteiger partial charge in [-0.2, -0.15) is 0 Å². The van der Waals surface area contributed by atoms with E-state index in [4.69, 9.17) is 10.2 Å². The van der Waals surface area contributed by atoms with Gasteiger partial charge in [0.1, 0.15) is 0 Å². The van der Waals surface area contributed by atoms with E-state index >= 15 is 0 Å². The molecular formula is C15H19NO. The maximum absolute atomic E-state index is 6.04. The van der Waals surface area contributed by atoms with Gasteiger partial charge in [0.05, 0.1) is 12.5 Å². The summed E-state index contributed by atoms with van der Waals surface area (Å²) >= 11 is 0. The van der Waals surface area contributed by atoms with Gasteiger partial charge in [-0.3, -0.25) is 0 Å². The molecule has 2 aromatic rings. The van der Waals surface area contributed by atoms with E-state index in [1.165, 1.54) is 11.1 Å². The Kier molecular flexibility index (Phi) is 3.64. The Morgan fingerprint density at radius 3 is 2.47 bits per heavy atom. The highest BCUT2D eigenvalue weighted by molar-refractivity contribution is 5.29. The molecule has 0 aliphatic rings. The zero-order valence-corrected chi connectivity index (χ0v) is 10.2. The van der Waals surface area contributed by atoms with Crippen LogP contribution in [0.4, 0.5) is 0 Å². The van der Waals surface area contributed by atoms with Gasteiger partial charge >= 0.3 is 0 Å². The molecule has 0 fully saturated rings. The minimum absolute atomic E-state index is 0.0190. The Bertz CT molecular complexity index is 429. The third kappa shape index (κ3) is 2.42. The molecule has 2 heteroatoms. The second kappa shape index (κ2) is 5.19. The van der Waals surface area contributed by atoms with E-state index in [0.717, 1.165) is 12.8 Å². The van der Waals surface area contributed by atoms with Crippen LogP contribution in [-0.4, -0.2) is 6.54 Å². The smallest absolute Gasteiger partial charge is 0.0934 e. The average molecular weight is 229 g/mol. The number of hydrogen-bond acceptors (Lipinski definition) is 2. The summed E-state index contributed by atoms with van der Waals surface area (Å²) in [6, 6.07) is 12.5. The lowest BCUT2D eigenvalue weighted by molar-refractivity contribution is 0.416. The SMILES string of the molecule is CCC(CN)(Cc1ccoc1)c1ccccc1. The van der Waals surface area contributed by atoms with Gasteiger partial charge in [-0.15, -0.1) is 0 Å². The first-order valence-electron chi connectivity index (χ1n) is 6.07. The van der Waals surface area contributed by atoms with Crippen LogP contribution in [0, 0.1) is 0 Å². The lowest BCUT2D eigenvalue weighted by Gasteiger charge is -2.31. The van der Waals surface area contributed by atoms with Crippen molar-refractivity contribution in [3.8, 4) is 0 Å². The molecule has 0 saturated heterocycles. The second-order valence-electron chi connectivity index (χ2n) is 4.51. The standard InChI is InChI=1S/C15H19NO/c1-2-15(12-16,10-13-8-9-17-11-13)14-6-4-3-5-7-14/h3-9,11H,2,10,12,16H2,1H3. The summed E-state index contributed by atoms with van der Waals surface area (Å²) in [6.45, 7) is 2.85. The van der Waals surface area contributed by atoms with Crippen molar-refractivity contribution in [2.24, 2.45) is 5.73 Å². The van der Waals surface area contributed by atoms with E-state index in [0.29, 0.717) is 6.54 Å². The van der Waals surface area contributed by atoms with Crippen molar-refractivity contribution in [2.75, 3.05) is 6.54 Å². The largest absolute Gasteiger partial charge is 0.472 e. The Morgan fingerprint density at radius 2 is 1.94 bits per heavy atom. The predicted molar refractivity (Wildman–Crippen MR) is 69.9 cm³/mol. The van der Waals surface area contributed by atoms with Crippen molar-refractivity contribution in [2.45, 2.75) is 25.2 Å². The number of rotatable bonds is 5. The van der Waals surface area contributed by atoms with Gasteiger partial charge < -0.3 is 10.2 Å². The molecule has 0 aliphatic heterocycles. The fourth-order valence-corrected chi connectivity index (χ4v) is 2.34. The van der Waals surface area contributed by atoms with Crippen molar-refractivity contribution in [3.63, 3.8) is 0 Å². The van der Waals surface area contributed by atoms with Gasteiger partial charge in [0.15, 0.2) is 0 Å². The molecule has 1 aromatic heterocycles. The van der Waals surface area contributed by atoms with Crippen LogP contribution in [0.3, 0.4) is 0 Å². The van der Waals surface area contributed by atoms with Gasteiger partial charge in [0.25, 0.3) is 0 Å². The molecule has 0 amide bonds. The molecule has 90 valence electrons. The number of nitrogens with two attached hydrogens (primary N) is 1. The zero-order valence-electron chi connectivity index (χ0n) is 10.2. The average Bonchev–Trinajstić information content (AvgIpc) is 2.90. The second-order valence-corrected chi connectivity index (χ2v) is 4.51. The predicted octanol–water partition coefficient (Wildman–Crippen LogP) is 3.13. The highest BCUT2D eigenvalue weighted by Gasteiger charge is 2.29. The number of hydrogen-bond donors (Lipinski definition) is 1. The molecule has 0 saturated carbocycles. The van der Waals surface area contributed by atoms with E-state index < -0.39 is 0 Å². The van der Waals surface area contributed by atoms with Gasteiger partial charge in [-0.1, -0.05) is 37.3 Å². The van der Waals surface area contributed by atoms with Crippen LogP contribution >= 0.6 is 0 Å². The molecule has 17 heavy (non-hydrogen) atoms. The fourth-order valence-electron chi connectivity index (χ4n) is 2.34. The minimum Gasteiger partial charge on any atom is -0.472 e. The molecule has 2 rings (SSSR count). The Labute approximate surface area is 102 Å². The van der Waals surface area contributed by atoms with Crippen molar-refractivity contribution in [1.82, 2.24) is 0 Å². The summed E-state index contributed by atoms with van der Waals surface area (Å²) in [7, 11) is 0. The van der Waals surface area contributed by atoms with Crippen molar-refractivity contribution in [1.29, 1.82) is 0 Å². The minimum atomic E-state index is 0.0190. The summed E-state index contributed by atoms with van der Waals surface area (Å²) in [6.07, 6.45) is 5.49. The summed E-state index contributed by atoms with van der Waals surface area (Å²) in [5.41, 5.74) is 8.58. The Hall–Kier alpha value is -1.54. The lowest BCUT2D eigenvalue weighted by Crippen LogP contribution is -2.36. The van der Waals surface area contributed by atoms with Crippen molar-refractivity contribution in [3.05, 3.63) is 60.1 Å². The van der Waals surface area contributed by atoms with Gasteiger partial charge in [0, 0.05) is 12.0 Å². The highest BCUT2D eigenvalue weighted by atomic mass is 16.3. The fraction of sp³-hybridized carbons (Fsp3) is 0.333. The quantitative estimate of drug-likeness (QED) is 0.855. The zero-order chi connectivity index (χ0) is 12.1. The molecule has 2 nitrogen and oxygen atoms in total. The summed E-state index contributed by atoms with van der Waals surface area (Å²) in [5.74, 6) is 0. The molecule has 0 spiro atoms.